The standard InChI is InChI=1S/C26H41N3O6/c1-17(2)22(27-23(30)19-12-20(33-7)14-21(13-19)34-8)24(31)29-11-9-10-18(16-29)15-28(6)25(32)35-26(3,4)5/h12-14,17-18,22H,9-11,15-16H2,1-8H3,(H,27,30). The zero-order valence-corrected chi connectivity index (χ0v) is 22.3. The molecule has 0 spiro atoms. The molecule has 2 unspecified atom stereocenters. The van der Waals surface area contributed by atoms with Crippen molar-refractivity contribution < 1.29 is 28.6 Å². The highest BCUT2D eigenvalue weighted by atomic mass is 16.6. The molecule has 1 heterocycles. The van der Waals surface area contributed by atoms with Gasteiger partial charge in [-0.15, -0.1) is 0 Å². The first-order valence-electron chi connectivity index (χ1n) is 12.1. The van der Waals surface area contributed by atoms with Crippen LogP contribution >= 0.6 is 0 Å². The molecular formula is C26H41N3O6. The highest BCUT2D eigenvalue weighted by Gasteiger charge is 2.33. The number of carbonyl (C=O) groups excluding carboxylic acids is 3. The Bertz CT molecular complexity index is 873. The SMILES string of the molecule is COc1cc(OC)cc(C(=O)NC(C(=O)N2CCCC(CN(C)C(=O)OC(C)(C)C)C2)C(C)C)c1. The largest absolute Gasteiger partial charge is 0.497 e. The first-order chi connectivity index (χ1) is 16.3. The topological polar surface area (TPSA) is 97.4 Å². The molecule has 1 fully saturated rings. The Labute approximate surface area is 209 Å². The van der Waals surface area contributed by atoms with Gasteiger partial charge < -0.3 is 29.3 Å². The molecule has 0 radical (unpaired) electrons. The molecule has 0 bridgehead atoms. The molecule has 196 valence electrons. The minimum absolute atomic E-state index is 0.108. The van der Waals surface area contributed by atoms with Gasteiger partial charge in [0.2, 0.25) is 5.91 Å². The normalized spacial score (nSPS) is 16.9. The molecule has 1 aliphatic rings. The van der Waals surface area contributed by atoms with Crippen LogP contribution in [0.2, 0.25) is 0 Å². The molecule has 2 rings (SSSR count). The molecule has 1 saturated heterocycles. The fourth-order valence-corrected chi connectivity index (χ4v) is 4.09. The van der Waals surface area contributed by atoms with Crippen LogP contribution in [0.4, 0.5) is 4.79 Å². The maximum Gasteiger partial charge on any atom is 0.410 e. The van der Waals surface area contributed by atoms with E-state index in [1.54, 1.807) is 35.0 Å². The van der Waals surface area contributed by atoms with Crippen LogP contribution in [0.15, 0.2) is 18.2 Å². The second kappa shape index (κ2) is 12.1. The summed E-state index contributed by atoms with van der Waals surface area (Å²) in [5.74, 6) is 0.533. The molecule has 0 aromatic heterocycles. The van der Waals surface area contributed by atoms with Gasteiger partial charge in [-0.2, -0.15) is 0 Å². The van der Waals surface area contributed by atoms with Gasteiger partial charge in [0.15, 0.2) is 0 Å². The van der Waals surface area contributed by atoms with Crippen molar-refractivity contribution in [2.24, 2.45) is 11.8 Å². The van der Waals surface area contributed by atoms with E-state index >= 15 is 0 Å². The number of benzene rings is 1. The summed E-state index contributed by atoms with van der Waals surface area (Å²) >= 11 is 0. The van der Waals surface area contributed by atoms with Crippen molar-refractivity contribution in [3.8, 4) is 11.5 Å². The lowest BCUT2D eigenvalue weighted by molar-refractivity contribution is -0.136. The van der Waals surface area contributed by atoms with E-state index in [1.807, 2.05) is 34.6 Å². The molecule has 35 heavy (non-hydrogen) atoms. The first-order valence-corrected chi connectivity index (χ1v) is 12.1. The van der Waals surface area contributed by atoms with E-state index in [0.29, 0.717) is 36.7 Å². The second-order valence-electron chi connectivity index (χ2n) is 10.4. The lowest BCUT2D eigenvalue weighted by atomic mass is 9.95. The van der Waals surface area contributed by atoms with E-state index in [0.717, 1.165) is 12.8 Å². The lowest BCUT2D eigenvalue weighted by Crippen LogP contribution is -2.54. The van der Waals surface area contributed by atoms with Crippen molar-refractivity contribution in [2.45, 2.75) is 59.1 Å². The van der Waals surface area contributed by atoms with Gasteiger partial charge in [0.05, 0.1) is 14.2 Å². The van der Waals surface area contributed by atoms with Gasteiger partial charge in [-0.1, -0.05) is 13.8 Å². The summed E-state index contributed by atoms with van der Waals surface area (Å²) in [4.78, 5) is 42.2. The summed E-state index contributed by atoms with van der Waals surface area (Å²) in [6, 6.07) is 4.23. The van der Waals surface area contributed by atoms with Crippen molar-refractivity contribution in [1.82, 2.24) is 15.1 Å². The zero-order chi connectivity index (χ0) is 26.3. The summed E-state index contributed by atoms with van der Waals surface area (Å²) in [6.45, 7) is 11.0. The first kappa shape index (κ1) is 28.3. The number of amides is 3. The van der Waals surface area contributed by atoms with E-state index in [-0.39, 0.29) is 29.7 Å². The lowest BCUT2D eigenvalue weighted by Gasteiger charge is -2.37. The highest BCUT2D eigenvalue weighted by molar-refractivity contribution is 5.98. The van der Waals surface area contributed by atoms with Crippen LogP contribution in [0.5, 0.6) is 11.5 Å². The summed E-state index contributed by atoms with van der Waals surface area (Å²) in [7, 11) is 4.75. The van der Waals surface area contributed by atoms with E-state index in [4.69, 9.17) is 14.2 Å². The molecular weight excluding hydrogens is 450 g/mol. The predicted molar refractivity (Wildman–Crippen MR) is 134 cm³/mol. The molecule has 1 aromatic rings. The van der Waals surface area contributed by atoms with E-state index < -0.39 is 11.6 Å². The van der Waals surface area contributed by atoms with E-state index in [2.05, 4.69) is 5.32 Å². The van der Waals surface area contributed by atoms with Crippen molar-refractivity contribution in [3.05, 3.63) is 23.8 Å². The summed E-state index contributed by atoms with van der Waals surface area (Å²) in [6.07, 6.45) is 1.38. The van der Waals surface area contributed by atoms with Gasteiger partial charge in [0.1, 0.15) is 23.1 Å². The fourth-order valence-electron chi connectivity index (χ4n) is 4.09. The van der Waals surface area contributed by atoms with Gasteiger partial charge in [0.25, 0.3) is 5.91 Å². The molecule has 9 nitrogen and oxygen atoms in total. The Morgan fingerprint density at radius 3 is 2.23 bits per heavy atom. The molecule has 1 aromatic carbocycles. The van der Waals surface area contributed by atoms with Crippen LogP contribution in [-0.4, -0.2) is 80.3 Å². The Kier molecular flexibility index (Phi) is 9.80. The monoisotopic (exact) mass is 491 g/mol. The number of hydrogen-bond donors (Lipinski definition) is 1. The summed E-state index contributed by atoms with van der Waals surface area (Å²) < 4.78 is 16.0. The molecule has 2 atom stereocenters. The Morgan fingerprint density at radius 2 is 1.71 bits per heavy atom. The van der Waals surface area contributed by atoms with Crippen LogP contribution < -0.4 is 14.8 Å². The smallest absolute Gasteiger partial charge is 0.410 e. The van der Waals surface area contributed by atoms with Crippen LogP contribution in [0.3, 0.4) is 0 Å². The number of hydrogen-bond acceptors (Lipinski definition) is 6. The average Bonchev–Trinajstić information content (AvgIpc) is 2.80. The Morgan fingerprint density at radius 1 is 1.11 bits per heavy atom. The maximum absolute atomic E-state index is 13.5. The summed E-state index contributed by atoms with van der Waals surface area (Å²) in [5, 5.41) is 2.91. The van der Waals surface area contributed by atoms with Crippen molar-refractivity contribution in [2.75, 3.05) is 40.9 Å². The minimum atomic E-state index is -0.679. The van der Waals surface area contributed by atoms with E-state index in [9.17, 15) is 14.4 Å². The Hall–Kier alpha value is -2.97. The van der Waals surface area contributed by atoms with Crippen LogP contribution in [0, 0.1) is 11.8 Å². The zero-order valence-electron chi connectivity index (χ0n) is 22.3. The van der Waals surface area contributed by atoms with Gasteiger partial charge >= 0.3 is 6.09 Å². The number of rotatable bonds is 8. The van der Waals surface area contributed by atoms with Crippen LogP contribution in [-0.2, 0) is 9.53 Å². The number of likely N-dealkylation sites (tertiary alicyclic amines) is 1. The molecule has 3 amide bonds. The van der Waals surface area contributed by atoms with Gasteiger partial charge in [-0.25, -0.2) is 4.79 Å². The van der Waals surface area contributed by atoms with E-state index in [1.165, 1.54) is 14.2 Å². The van der Waals surface area contributed by atoms with Crippen LogP contribution in [0.25, 0.3) is 0 Å². The van der Waals surface area contributed by atoms with Gasteiger partial charge in [-0.3, -0.25) is 9.59 Å². The third kappa shape index (κ3) is 8.33. The van der Waals surface area contributed by atoms with Gasteiger partial charge in [0, 0.05) is 38.3 Å². The number of nitrogens with zero attached hydrogens (tertiary/aromatic N) is 2. The minimum Gasteiger partial charge on any atom is -0.497 e. The predicted octanol–water partition coefficient (Wildman–Crippen LogP) is 3.56. The highest BCUT2D eigenvalue weighted by Crippen LogP contribution is 2.24. The number of carbonyl (C=O) groups is 3. The van der Waals surface area contributed by atoms with Crippen molar-refractivity contribution >= 4 is 17.9 Å². The fraction of sp³-hybridized carbons (Fsp3) is 0.654. The number of nitrogens with one attached hydrogen (secondary N) is 1. The molecule has 0 saturated carbocycles. The Balaban J connectivity index is 2.07. The quantitative estimate of drug-likeness (QED) is 0.597. The average molecular weight is 492 g/mol. The number of piperidine rings is 1. The molecule has 1 aliphatic heterocycles. The third-order valence-corrected chi connectivity index (χ3v) is 5.90. The second-order valence-corrected chi connectivity index (χ2v) is 10.4. The molecule has 9 heteroatoms. The third-order valence-electron chi connectivity index (χ3n) is 5.90. The van der Waals surface area contributed by atoms with Crippen molar-refractivity contribution in [1.29, 1.82) is 0 Å². The van der Waals surface area contributed by atoms with Crippen molar-refractivity contribution in [3.63, 3.8) is 0 Å². The van der Waals surface area contributed by atoms with Crippen LogP contribution in [0.1, 0.15) is 57.8 Å². The molecule has 1 N–H and O–H groups in total. The maximum atomic E-state index is 13.5. The molecule has 0 aliphatic carbocycles. The number of methoxy groups -OCH3 is 2. The van der Waals surface area contributed by atoms with Gasteiger partial charge in [-0.05, 0) is 57.6 Å². The number of ether oxygens (including phenoxy) is 3. The summed E-state index contributed by atoms with van der Waals surface area (Å²) in [5.41, 5.74) is -0.204.